The summed E-state index contributed by atoms with van der Waals surface area (Å²) in [4.78, 5) is 29.2. The molecule has 0 aliphatic carbocycles. The number of amides is 1. The molecule has 7 heteroatoms. The van der Waals surface area contributed by atoms with Gasteiger partial charge in [-0.3, -0.25) is 4.79 Å². The molecule has 0 atom stereocenters. The van der Waals surface area contributed by atoms with E-state index in [2.05, 4.69) is 15.0 Å². The molecule has 3 heterocycles. The highest BCUT2D eigenvalue weighted by molar-refractivity contribution is 5.94. The van der Waals surface area contributed by atoms with Gasteiger partial charge in [0, 0.05) is 32.4 Å². The van der Waals surface area contributed by atoms with Crippen molar-refractivity contribution in [2.75, 3.05) is 25.5 Å². The second-order valence-corrected chi connectivity index (χ2v) is 5.76. The number of anilines is 1. The van der Waals surface area contributed by atoms with E-state index in [0.29, 0.717) is 25.3 Å². The molecule has 0 spiro atoms. The molecule has 3 rings (SSSR count). The highest BCUT2D eigenvalue weighted by Gasteiger charge is 2.27. The van der Waals surface area contributed by atoms with Crippen LogP contribution in [0.15, 0.2) is 18.3 Å². The minimum Gasteiger partial charge on any atom is -0.505 e. The molecule has 0 saturated carbocycles. The smallest absolute Gasteiger partial charge is 0.276 e. The van der Waals surface area contributed by atoms with Crippen molar-refractivity contribution in [1.82, 2.24) is 19.9 Å². The molecule has 0 fully saturated rings. The maximum atomic E-state index is 12.6. The standard InChI is InChI=1S/C16H19N5O2/c1-10-18-12-9-21(8-6-11(12)15(19-10)20(2)3)16(23)14-13(22)5-4-7-17-14/h4-5,7,22H,6,8-9H2,1-3H3. The maximum Gasteiger partial charge on any atom is 0.276 e. The first-order chi connectivity index (χ1) is 11.0. The number of carbonyl (C=O) groups excluding carboxylic acids is 1. The molecule has 2 aromatic heterocycles. The summed E-state index contributed by atoms with van der Waals surface area (Å²) in [5.41, 5.74) is 2.01. The third kappa shape index (κ3) is 2.81. The fourth-order valence-electron chi connectivity index (χ4n) is 2.79. The quantitative estimate of drug-likeness (QED) is 0.895. The zero-order valence-corrected chi connectivity index (χ0v) is 13.4. The van der Waals surface area contributed by atoms with E-state index in [1.807, 2.05) is 25.9 Å². The number of hydrogen-bond acceptors (Lipinski definition) is 6. The van der Waals surface area contributed by atoms with Gasteiger partial charge < -0.3 is 14.9 Å². The molecule has 1 amide bonds. The molecule has 1 N–H and O–H groups in total. The van der Waals surface area contributed by atoms with Crippen molar-refractivity contribution < 1.29 is 9.90 Å². The summed E-state index contributed by atoms with van der Waals surface area (Å²) in [6.07, 6.45) is 2.18. The van der Waals surface area contributed by atoms with Crippen LogP contribution in [-0.4, -0.2) is 51.5 Å². The van der Waals surface area contributed by atoms with Gasteiger partial charge in [0.15, 0.2) is 5.69 Å². The first-order valence-corrected chi connectivity index (χ1v) is 7.44. The van der Waals surface area contributed by atoms with Crippen LogP contribution in [0.3, 0.4) is 0 Å². The van der Waals surface area contributed by atoms with Crippen molar-refractivity contribution in [3.63, 3.8) is 0 Å². The van der Waals surface area contributed by atoms with E-state index in [1.54, 1.807) is 11.0 Å². The minimum atomic E-state index is -0.281. The molecule has 2 aromatic rings. The van der Waals surface area contributed by atoms with Crippen LogP contribution in [0.4, 0.5) is 5.82 Å². The van der Waals surface area contributed by atoms with Crippen molar-refractivity contribution in [3.05, 3.63) is 41.1 Å². The first kappa shape index (κ1) is 15.2. The van der Waals surface area contributed by atoms with E-state index in [9.17, 15) is 9.90 Å². The van der Waals surface area contributed by atoms with Gasteiger partial charge in [-0.2, -0.15) is 0 Å². The molecule has 1 aliphatic rings. The van der Waals surface area contributed by atoms with Crippen molar-refractivity contribution in [3.8, 4) is 5.75 Å². The number of aromatic hydroxyl groups is 1. The molecule has 0 saturated heterocycles. The zero-order valence-electron chi connectivity index (χ0n) is 13.4. The molecule has 0 unspecified atom stereocenters. The predicted octanol–water partition coefficient (Wildman–Crippen LogP) is 1.15. The molecule has 0 aromatic carbocycles. The highest BCUT2D eigenvalue weighted by atomic mass is 16.3. The topological polar surface area (TPSA) is 82.5 Å². The number of rotatable bonds is 2. The van der Waals surface area contributed by atoms with E-state index in [1.165, 1.54) is 12.3 Å². The number of nitrogens with zero attached hydrogens (tertiary/aromatic N) is 5. The molecule has 0 radical (unpaired) electrons. The van der Waals surface area contributed by atoms with Gasteiger partial charge in [-0.05, 0) is 25.5 Å². The summed E-state index contributed by atoms with van der Waals surface area (Å²) >= 11 is 0. The van der Waals surface area contributed by atoms with Crippen molar-refractivity contribution in [1.29, 1.82) is 0 Å². The Hall–Kier alpha value is -2.70. The number of aryl methyl sites for hydroxylation is 1. The second-order valence-electron chi connectivity index (χ2n) is 5.76. The minimum absolute atomic E-state index is 0.0783. The lowest BCUT2D eigenvalue weighted by Crippen LogP contribution is -2.38. The Bertz CT molecular complexity index is 760. The predicted molar refractivity (Wildman–Crippen MR) is 85.4 cm³/mol. The average Bonchev–Trinajstić information content (AvgIpc) is 2.53. The van der Waals surface area contributed by atoms with Crippen LogP contribution in [0.5, 0.6) is 5.75 Å². The Morgan fingerprint density at radius 2 is 2.13 bits per heavy atom. The molecule has 7 nitrogen and oxygen atoms in total. The Balaban J connectivity index is 1.92. The summed E-state index contributed by atoms with van der Waals surface area (Å²) in [7, 11) is 3.90. The second kappa shape index (κ2) is 5.83. The van der Waals surface area contributed by atoms with Crippen LogP contribution in [0.25, 0.3) is 0 Å². The summed E-state index contributed by atoms with van der Waals surface area (Å²) in [5, 5.41) is 9.83. The highest BCUT2D eigenvalue weighted by Crippen LogP contribution is 2.26. The SMILES string of the molecule is Cc1nc2c(c(N(C)C)n1)CCN(C(=O)c1ncccc1O)C2. The third-order valence-corrected chi connectivity index (χ3v) is 3.85. The average molecular weight is 313 g/mol. The van der Waals surface area contributed by atoms with Crippen LogP contribution in [0, 0.1) is 6.92 Å². The van der Waals surface area contributed by atoms with Gasteiger partial charge in [0.2, 0.25) is 0 Å². The van der Waals surface area contributed by atoms with Crippen molar-refractivity contribution in [2.24, 2.45) is 0 Å². The summed E-state index contributed by atoms with van der Waals surface area (Å²) in [6, 6.07) is 3.06. The van der Waals surface area contributed by atoms with Gasteiger partial charge in [0.05, 0.1) is 12.2 Å². The van der Waals surface area contributed by atoms with Crippen LogP contribution in [-0.2, 0) is 13.0 Å². The first-order valence-electron chi connectivity index (χ1n) is 7.44. The normalized spacial score (nSPS) is 13.6. The Morgan fingerprint density at radius 1 is 1.35 bits per heavy atom. The zero-order chi connectivity index (χ0) is 16.6. The largest absolute Gasteiger partial charge is 0.505 e. The van der Waals surface area contributed by atoms with Gasteiger partial charge in [-0.1, -0.05) is 0 Å². The van der Waals surface area contributed by atoms with E-state index in [4.69, 9.17) is 0 Å². The van der Waals surface area contributed by atoms with Gasteiger partial charge in [0.1, 0.15) is 17.4 Å². The van der Waals surface area contributed by atoms with Crippen molar-refractivity contribution >= 4 is 11.7 Å². The number of pyridine rings is 1. The summed E-state index contributed by atoms with van der Waals surface area (Å²) in [6.45, 7) is 2.79. The van der Waals surface area contributed by atoms with E-state index >= 15 is 0 Å². The van der Waals surface area contributed by atoms with E-state index in [0.717, 1.165) is 17.1 Å². The van der Waals surface area contributed by atoms with Crippen LogP contribution in [0.1, 0.15) is 27.6 Å². The Kier molecular flexibility index (Phi) is 3.85. The molecule has 120 valence electrons. The van der Waals surface area contributed by atoms with Gasteiger partial charge in [0.25, 0.3) is 5.91 Å². The van der Waals surface area contributed by atoms with Crippen LogP contribution < -0.4 is 4.90 Å². The maximum absolute atomic E-state index is 12.6. The van der Waals surface area contributed by atoms with Gasteiger partial charge in [-0.25, -0.2) is 15.0 Å². The fourth-order valence-corrected chi connectivity index (χ4v) is 2.79. The lowest BCUT2D eigenvalue weighted by molar-refractivity contribution is 0.0722. The van der Waals surface area contributed by atoms with Crippen LogP contribution in [0.2, 0.25) is 0 Å². The molecular weight excluding hydrogens is 294 g/mol. The van der Waals surface area contributed by atoms with E-state index in [-0.39, 0.29) is 17.4 Å². The third-order valence-electron chi connectivity index (χ3n) is 3.85. The Morgan fingerprint density at radius 3 is 2.83 bits per heavy atom. The molecular formula is C16H19N5O2. The Labute approximate surface area is 134 Å². The summed E-state index contributed by atoms with van der Waals surface area (Å²) in [5.74, 6) is 1.20. The molecule has 0 bridgehead atoms. The monoisotopic (exact) mass is 313 g/mol. The summed E-state index contributed by atoms with van der Waals surface area (Å²) < 4.78 is 0. The molecule has 23 heavy (non-hydrogen) atoms. The number of fused-ring (bicyclic) bond motifs is 1. The van der Waals surface area contributed by atoms with Gasteiger partial charge >= 0.3 is 0 Å². The van der Waals surface area contributed by atoms with E-state index < -0.39 is 0 Å². The molecule has 1 aliphatic heterocycles. The number of carbonyl (C=O) groups is 1. The lowest BCUT2D eigenvalue weighted by atomic mass is 10.0. The van der Waals surface area contributed by atoms with Crippen molar-refractivity contribution in [2.45, 2.75) is 19.9 Å². The van der Waals surface area contributed by atoms with Gasteiger partial charge in [-0.15, -0.1) is 0 Å². The fraction of sp³-hybridized carbons (Fsp3) is 0.375. The van der Waals surface area contributed by atoms with Crippen LogP contribution >= 0.6 is 0 Å². The number of aromatic nitrogens is 3. The number of hydrogen-bond donors (Lipinski definition) is 1. The lowest BCUT2D eigenvalue weighted by Gasteiger charge is -2.30.